The van der Waals surface area contributed by atoms with Crippen molar-refractivity contribution in [3.63, 3.8) is 0 Å². The molecule has 0 aliphatic carbocycles. The van der Waals surface area contributed by atoms with Crippen molar-refractivity contribution in [2.45, 2.75) is 0 Å². The Bertz CT molecular complexity index is 2670. The minimum Gasteiger partial charge on any atom is -0.292 e. The van der Waals surface area contributed by atoms with Crippen LogP contribution in [0.25, 0.3) is 89.2 Å². The van der Waals surface area contributed by atoms with E-state index in [-0.39, 0.29) is 0 Å². The molecule has 2 heterocycles. The summed E-state index contributed by atoms with van der Waals surface area (Å²) in [6.07, 6.45) is 0. The average Bonchev–Trinajstić information content (AvgIpc) is 3.81. The predicted octanol–water partition coefficient (Wildman–Crippen LogP) is 12.2. The lowest BCUT2D eigenvalue weighted by atomic mass is 9.92. The summed E-state index contributed by atoms with van der Waals surface area (Å²) in [5.74, 6) is 1.86. The van der Waals surface area contributed by atoms with Gasteiger partial charge in [-0.05, 0) is 81.6 Å². The van der Waals surface area contributed by atoms with Crippen LogP contribution in [0.15, 0.2) is 194 Å². The molecule has 0 bridgehead atoms. The number of fused-ring (bicyclic) bond motifs is 3. The molecule has 10 aromatic rings. The Hall–Kier alpha value is -7.04. The van der Waals surface area contributed by atoms with E-state index in [4.69, 9.17) is 9.97 Å². The zero-order valence-electron chi connectivity index (χ0n) is 28.3. The minimum absolute atomic E-state index is 0.932. The van der Waals surface area contributed by atoms with Crippen LogP contribution in [-0.4, -0.2) is 19.1 Å². The molecule has 4 nitrogen and oxygen atoms in total. The molecule has 0 radical (unpaired) electrons. The maximum absolute atomic E-state index is 5.07. The molecule has 0 fully saturated rings. The molecule has 0 amide bonds. The fraction of sp³-hybridized carbons (Fsp3) is 0. The summed E-state index contributed by atoms with van der Waals surface area (Å²) < 4.78 is 4.49. The zero-order chi connectivity index (χ0) is 34.4. The van der Waals surface area contributed by atoms with Gasteiger partial charge in [-0.25, -0.2) is 9.97 Å². The Morgan fingerprint density at radius 1 is 0.288 bits per heavy atom. The third-order valence-electron chi connectivity index (χ3n) is 9.98. The predicted molar refractivity (Wildman–Crippen MR) is 215 cm³/mol. The van der Waals surface area contributed by atoms with Crippen molar-refractivity contribution in [1.29, 1.82) is 0 Å². The fourth-order valence-electron chi connectivity index (χ4n) is 7.53. The molecule has 0 unspecified atom stereocenters. The van der Waals surface area contributed by atoms with E-state index < -0.39 is 0 Å². The van der Waals surface area contributed by atoms with Gasteiger partial charge >= 0.3 is 0 Å². The Balaban J connectivity index is 1.02. The second kappa shape index (κ2) is 12.4. The molecule has 0 atom stereocenters. The molecule has 0 aliphatic heterocycles. The highest BCUT2D eigenvalue weighted by atomic mass is 15.1. The van der Waals surface area contributed by atoms with Crippen molar-refractivity contribution >= 4 is 32.8 Å². The molecular weight excluding hydrogens is 633 g/mol. The molecule has 0 saturated carbocycles. The summed E-state index contributed by atoms with van der Waals surface area (Å²) >= 11 is 0. The van der Waals surface area contributed by atoms with E-state index in [1.54, 1.807) is 0 Å². The number of nitrogens with zero attached hydrogens (tertiary/aromatic N) is 4. The summed E-state index contributed by atoms with van der Waals surface area (Å²) in [4.78, 5) is 10.1. The van der Waals surface area contributed by atoms with E-state index in [0.29, 0.717) is 0 Å². The van der Waals surface area contributed by atoms with Gasteiger partial charge in [-0.15, -0.1) is 0 Å². The van der Waals surface area contributed by atoms with E-state index in [0.717, 1.165) is 56.2 Å². The van der Waals surface area contributed by atoms with E-state index in [9.17, 15) is 0 Å². The van der Waals surface area contributed by atoms with Gasteiger partial charge in [0.2, 0.25) is 0 Å². The number of aromatic nitrogens is 4. The average molecular weight is 665 g/mol. The van der Waals surface area contributed by atoms with Crippen LogP contribution in [0.5, 0.6) is 0 Å². The smallest absolute Gasteiger partial charge is 0.145 e. The Morgan fingerprint density at radius 2 is 0.654 bits per heavy atom. The van der Waals surface area contributed by atoms with Gasteiger partial charge in [-0.3, -0.25) is 9.13 Å². The van der Waals surface area contributed by atoms with Crippen LogP contribution in [-0.2, 0) is 0 Å². The highest BCUT2D eigenvalue weighted by Crippen LogP contribution is 2.37. The van der Waals surface area contributed by atoms with Gasteiger partial charge in [0.25, 0.3) is 0 Å². The van der Waals surface area contributed by atoms with E-state index in [1.807, 2.05) is 24.3 Å². The van der Waals surface area contributed by atoms with Gasteiger partial charge in [0.1, 0.15) is 11.6 Å². The molecular formula is C48H32N4. The maximum Gasteiger partial charge on any atom is 0.145 e. The summed E-state index contributed by atoms with van der Waals surface area (Å²) in [6, 6.07) is 68.5. The first-order valence-corrected chi connectivity index (χ1v) is 17.6. The molecule has 2 aromatic heterocycles. The van der Waals surface area contributed by atoms with E-state index in [2.05, 4.69) is 179 Å². The molecule has 10 rings (SSSR count). The van der Waals surface area contributed by atoms with Crippen molar-refractivity contribution in [3.8, 4) is 56.4 Å². The van der Waals surface area contributed by atoms with Gasteiger partial charge in [0.05, 0.1) is 22.1 Å². The molecule has 8 aromatic carbocycles. The highest BCUT2D eigenvalue weighted by Gasteiger charge is 2.17. The molecule has 4 heteroatoms. The quantitative estimate of drug-likeness (QED) is 0.177. The fourth-order valence-corrected chi connectivity index (χ4v) is 7.53. The minimum atomic E-state index is 0.932. The molecule has 0 saturated heterocycles. The Labute approximate surface area is 301 Å². The number of imidazole rings is 2. The van der Waals surface area contributed by atoms with Crippen LogP contribution in [0, 0.1) is 0 Å². The largest absolute Gasteiger partial charge is 0.292 e. The third-order valence-corrected chi connectivity index (χ3v) is 9.98. The summed E-state index contributed by atoms with van der Waals surface area (Å²) in [6.45, 7) is 0. The van der Waals surface area contributed by atoms with Gasteiger partial charge in [0, 0.05) is 22.5 Å². The Kier molecular flexibility index (Phi) is 7.10. The van der Waals surface area contributed by atoms with E-state index >= 15 is 0 Å². The molecule has 244 valence electrons. The normalized spacial score (nSPS) is 11.5. The lowest BCUT2D eigenvalue weighted by Crippen LogP contribution is -1.97. The van der Waals surface area contributed by atoms with Crippen LogP contribution >= 0.6 is 0 Å². The van der Waals surface area contributed by atoms with Gasteiger partial charge < -0.3 is 0 Å². The molecule has 52 heavy (non-hydrogen) atoms. The topological polar surface area (TPSA) is 35.6 Å². The van der Waals surface area contributed by atoms with Crippen LogP contribution < -0.4 is 0 Å². The third kappa shape index (κ3) is 5.00. The summed E-state index contributed by atoms with van der Waals surface area (Å²) in [5.41, 5.74) is 13.2. The molecule has 0 spiro atoms. The van der Waals surface area contributed by atoms with Crippen molar-refractivity contribution in [2.24, 2.45) is 0 Å². The van der Waals surface area contributed by atoms with Gasteiger partial charge in [-0.2, -0.15) is 0 Å². The first-order chi connectivity index (χ1) is 25.8. The number of hydrogen-bond donors (Lipinski definition) is 0. The number of hydrogen-bond acceptors (Lipinski definition) is 2. The van der Waals surface area contributed by atoms with Crippen molar-refractivity contribution in [2.75, 3.05) is 0 Å². The number of benzene rings is 8. The van der Waals surface area contributed by atoms with E-state index in [1.165, 1.54) is 33.0 Å². The lowest BCUT2D eigenvalue weighted by molar-refractivity contribution is 1.10. The van der Waals surface area contributed by atoms with Gasteiger partial charge in [0.15, 0.2) is 0 Å². The SMILES string of the molecule is c1ccc(-n2c(-c3ccc(-c4cccc5c(-c6ccc(-c7nc8ccccc8n7-c7ccccc7)cc6)cccc45)cc3)nc3ccccc32)cc1. The van der Waals surface area contributed by atoms with Crippen molar-refractivity contribution in [3.05, 3.63) is 194 Å². The monoisotopic (exact) mass is 664 g/mol. The van der Waals surface area contributed by atoms with Gasteiger partial charge in [-0.1, -0.05) is 146 Å². The molecule has 0 N–H and O–H groups in total. The Morgan fingerprint density at radius 3 is 1.08 bits per heavy atom. The first-order valence-electron chi connectivity index (χ1n) is 17.6. The number of para-hydroxylation sites is 6. The zero-order valence-corrected chi connectivity index (χ0v) is 28.3. The summed E-state index contributed by atoms with van der Waals surface area (Å²) in [5, 5.41) is 2.44. The van der Waals surface area contributed by atoms with Crippen molar-refractivity contribution < 1.29 is 0 Å². The lowest BCUT2D eigenvalue weighted by Gasteiger charge is -2.13. The standard InChI is InChI=1S/C48H32N4/c1-3-13-37(14-4-1)51-45-23-9-7-21-43(45)49-47(51)35-29-25-33(26-30-35)39-17-11-20-42-40(18-12-19-41(39)42)34-27-31-36(32-28-34)48-50-44-22-8-10-24-46(44)52(48)38-15-5-2-6-16-38/h1-32H. The number of rotatable bonds is 6. The van der Waals surface area contributed by atoms with Crippen LogP contribution in [0.2, 0.25) is 0 Å². The summed E-state index contributed by atoms with van der Waals surface area (Å²) in [7, 11) is 0. The first kappa shape index (κ1) is 29.8. The van der Waals surface area contributed by atoms with Crippen LogP contribution in [0.3, 0.4) is 0 Å². The second-order valence-corrected chi connectivity index (χ2v) is 13.1. The van der Waals surface area contributed by atoms with Crippen LogP contribution in [0.4, 0.5) is 0 Å². The molecule has 0 aliphatic rings. The van der Waals surface area contributed by atoms with Crippen LogP contribution in [0.1, 0.15) is 0 Å². The maximum atomic E-state index is 5.07. The van der Waals surface area contributed by atoms with Crippen molar-refractivity contribution in [1.82, 2.24) is 19.1 Å². The highest BCUT2D eigenvalue weighted by molar-refractivity contribution is 6.04. The second-order valence-electron chi connectivity index (χ2n) is 13.1.